The van der Waals surface area contributed by atoms with Crippen LogP contribution in [0.1, 0.15) is 32.1 Å². The molecule has 2 atom stereocenters. The van der Waals surface area contributed by atoms with Crippen LogP contribution in [0.2, 0.25) is 0 Å². The molecule has 1 amide bonds. The third-order valence-electron chi connectivity index (χ3n) is 2.62. The van der Waals surface area contributed by atoms with E-state index in [2.05, 4.69) is 5.32 Å². The molecule has 2 bridgehead atoms. The number of carbonyl (C=O) groups excluding carboxylic acids is 1. The number of piperidine rings is 1. The lowest BCUT2D eigenvalue weighted by Gasteiger charge is -2.34. The number of amides is 1. The standard InChI is InChI=1S/C8H13NO/c10-8-5-6-2-1-3-7(4-6)9-8/h6-7H,1-5H2,(H,9,10). The van der Waals surface area contributed by atoms with E-state index in [1.54, 1.807) is 0 Å². The van der Waals surface area contributed by atoms with Crippen LogP contribution in [0.15, 0.2) is 0 Å². The molecule has 1 heterocycles. The van der Waals surface area contributed by atoms with E-state index in [1.165, 1.54) is 25.7 Å². The van der Waals surface area contributed by atoms with Crippen LogP contribution >= 0.6 is 0 Å². The van der Waals surface area contributed by atoms with E-state index in [1.807, 2.05) is 0 Å². The van der Waals surface area contributed by atoms with Crippen molar-refractivity contribution in [1.29, 1.82) is 0 Å². The monoisotopic (exact) mass is 139 g/mol. The molecule has 2 fully saturated rings. The first-order valence-corrected chi connectivity index (χ1v) is 4.14. The molecular weight excluding hydrogens is 126 g/mol. The van der Waals surface area contributed by atoms with Crippen molar-refractivity contribution < 1.29 is 4.79 Å². The molecule has 1 saturated heterocycles. The molecule has 2 nitrogen and oxygen atoms in total. The largest absolute Gasteiger partial charge is 0.353 e. The third-order valence-corrected chi connectivity index (χ3v) is 2.62. The molecule has 1 saturated carbocycles. The zero-order chi connectivity index (χ0) is 6.97. The minimum Gasteiger partial charge on any atom is -0.353 e. The Bertz CT molecular complexity index is 141. The predicted molar refractivity (Wildman–Crippen MR) is 38.5 cm³/mol. The maximum Gasteiger partial charge on any atom is 0.220 e. The van der Waals surface area contributed by atoms with Gasteiger partial charge < -0.3 is 5.32 Å². The van der Waals surface area contributed by atoms with E-state index in [0.29, 0.717) is 12.0 Å². The van der Waals surface area contributed by atoms with Crippen molar-refractivity contribution >= 4 is 5.91 Å². The van der Waals surface area contributed by atoms with Crippen LogP contribution in [0.25, 0.3) is 0 Å². The Kier molecular flexibility index (Phi) is 1.40. The van der Waals surface area contributed by atoms with E-state index in [-0.39, 0.29) is 5.91 Å². The first kappa shape index (κ1) is 6.20. The van der Waals surface area contributed by atoms with Gasteiger partial charge in [-0.05, 0) is 25.2 Å². The Balaban J connectivity index is 2.05. The van der Waals surface area contributed by atoms with Gasteiger partial charge in [0.15, 0.2) is 0 Å². The van der Waals surface area contributed by atoms with Crippen molar-refractivity contribution in [3.05, 3.63) is 0 Å². The van der Waals surface area contributed by atoms with Gasteiger partial charge in [0, 0.05) is 12.5 Å². The maximum absolute atomic E-state index is 11.0. The lowest BCUT2D eigenvalue weighted by Crippen LogP contribution is -2.44. The Morgan fingerprint density at radius 3 is 3.10 bits per heavy atom. The first-order chi connectivity index (χ1) is 4.84. The molecule has 1 N–H and O–H groups in total. The fourth-order valence-electron chi connectivity index (χ4n) is 2.16. The maximum atomic E-state index is 11.0. The number of fused-ring (bicyclic) bond motifs is 2. The Morgan fingerprint density at radius 2 is 2.30 bits per heavy atom. The van der Waals surface area contributed by atoms with Gasteiger partial charge >= 0.3 is 0 Å². The summed E-state index contributed by atoms with van der Waals surface area (Å²) in [4.78, 5) is 11.0. The van der Waals surface area contributed by atoms with E-state index in [4.69, 9.17) is 0 Å². The summed E-state index contributed by atoms with van der Waals surface area (Å²) in [6.07, 6.45) is 5.84. The number of rotatable bonds is 0. The Morgan fingerprint density at radius 1 is 1.40 bits per heavy atom. The summed E-state index contributed by atoms with van der Waals surface area (Å²) in [6.45, 7) is 0. The second kappa shape index (κ2) is 2.26. The highest BCUT2D eigenvalue weighted by atomic mass is 16.1. The van der Waals surface area contributed by atoms with E-state index >= 15 is 0 Å². The smallest absolute Gasteiger partial charge is 0.220 e. The molecule has 2 heteroatoms. The SMILES string of the molecule is O=C1CC2CCCC(C2)N1. The van der Waals surface area contributed by atoms with E-state index < -0.39 is 0 Å². The number of hydrogen-bond donors (Lipinski definition) is 1. The Labute approximate surface area is 61.0 Å². The van der Waals surface area contributed by atoms with Gasteiger partial charge in [0.25, 0.3) is 0 Å². The van der Waals surface area contributed by atoms with Crippen molar-refractivity contribution in [2.24, 2.45) is 5.92 Å². The van der Waals surface area contributed by atoms with Gasteiger partial charge in [0.05, 0.1) is 0 Å². The van der Waals surface area contributed by atoms with Crippen molar-refractivity contribution in [2.75, 3.05) is 0 Å². The topological polar surface area (TPSA) is 29.1 Å². The molecule has 2 unspecified atom stereocenters. The molecule has 2 aliphatic rings. The van der Waals surface area contributed by atoms with Crippen molar-refractivity contribution in [2.45, 2.75) is 38.1 Å². The molecule has 1 aliphatic carbocycles. The number of carbonyl (C=O) groups is 1. The first-order valence-electron chi connectivity index (χ1n) is 4.14. The number of nitrogens with one attached hydrogen (secondary N) is 1. The van der Waals surface area contributed by atoms with Crippen molar-refractivity contribution in [3.63, 3.8) is 0 Å². The van der Waals surface area contributed by atoms with Crippen LogP contribution in [0.5, 0.6) is 0 Å². The molecule has 2 rings (SSSR count). The zero-order valence-electron chi connectivity index (χ0n) is 6.10. The van der Waals surface area contributed by atoms with Gasteiger partial charge in [-0.2, -0.15) is 0 Å². The summed E-state index contributed by atoms with van der Waals surface area (Å²) >= 11 is 0. The summed E-state index contributed by atoms with van der Waals surface area (Å²) in [5, 5.41) is 3.01. The second-order valence-corrected chi connectivity index (χ2v) is 3.50. The average molecular weight is 139 g/mol. The molecule has 56 valence electrons. The van der Waals surface area contributed by atoms with Crippen molar-refractivity contribution in [1.82, 2.24) is 5.32 Å². The number of hydrogen-bond acceptors (Lipinski definition) is 1. The highest BCUT2D eigenvalue weighted by molar-refractivity contribution is 5.77. The summed E-state index contributed by atoms with van der Waals surface area (Å²) in [5.74, 6) is 0.994. The highest BCUT2D eigenvalue weighted by Gasteiger charge is 2.29. The minimum atomic E-state index is 0.279. The molecule has 0 spiro atoms. The molecule has 10 heavy (non-hydrogen) atoms. The molecule has 1 aliphatic heterocycles. The van der Waals surface area contributed by atoms with E-state index in [9.17, 15) is 4.79 Å². The summed E-state index contributed by atoms with van der Waals surface area (Å²) in [5.41, 5.74) is 0. The lowest BCUT2D eigenvalue weighted by molar-refractivity contribution is -0.125. The fourth-order valence-corrected chi connectivity index (χ4v) is 2.16. The van der Waals surface area contributed by atoms with Crippen LogP contribution in [-0.4, -0.2) is 11.9 Å². The van der Waals surface area contributed by atoms with Gasteiger partial charge in [0.1, 0.15) is 0 Å². The van der Waals surface area contributed by atoms with Crippen LogP contribution in [0, 0.1) is 5.92 Å². The average Bonchev–Trinajstić information content (AvgIpc) is 1.85. The fraction of sp³-hybridized carbons (Fsp3) is 0.875. The van der Waals surface area contributed by atoms with Crippen LogP contribution in [-0.2, 0) is 4.79 Å². The highest BCUT2D eigenvalue weighted by Crippen LogP contribution is 2.29. The van der Waals surface area contributed by atoms with Gasteiger partial charge in [0.2, 0.25) is 5.91 Å². The van der Waals surface area contributed by atoms with Gasteiger partial charge in [-0.25, -0.2) is 0 Å². The van der Waals surface area contributed by atoms with Gasteiger partial charge in [-0.15, -0.1) is 0 Å². The summed E-state index contributed by atoms with van der Waals surface area (Å²) in [7, 11) is 0. The Hall–Kier alpha value is -0.530. The van der Waals surface area contributed by atoms with Gasteiger partial charge in [-0.1, -0.05) is 6.42 Å². The van der Waals surface area contributed by atoms with Gasteiger partial charge in [-0.3, -0.25) is 4.79 Å². The molecular formula is C8H13NO. The summed E-state index contributed by atoms with van der Waals surface area (Å²) in [6, 6.07) is 0.528. The molecule has 0 aromatic rings. The lowest BCUT2D eigenvalue weighted by atomic mass is 9.81. The van der Waals surface area contributed by atoms with Crippen LogP contribution in [0.4, 0.5) is 0 Å². The molecule has 0 aromatic carbocycles. The summed E-state index contributed by atoms with van der Waals surface area (Å²) < 4.78 is 0. The van der Waals surface area contributed by atoms with Crippen LogP contribution in [0.3, 0.4) is 0 Å². The third kappa shape index (κ3) is 1.02. The van der Waals surface area contributed by atoms with Crippen LogP contribution < -0.4 is 5.32 Å². The zero-order valence-corrected chi connectivity index (χ0v) is 6.10. The molecule has 0 radical (unpaired) electrons. The van der Waals surface area contributed by atoms with E-state index in [0.717, 1.165) is 6.42 Å². The minimum absolute atomic E-state index is 0.279. The predicted octanol–water partition coefficient (Wildman–Crippen LogP) is 1.07. The van der Waals surface area contributed by atoms with Crippen molar-refractivity contribution in [3.8, 4) is 0 Å². The second-order valence-electron chi connectivity index (χ2n) is 3.50. The molecule has 0 aromatic heterocycles. The normalized spacial score (nSPS) is 39.0. The quantitative estimate of drug-likeness (QED) is 0.534.